The van der Waals surface area contributed by atoms with E-state index in [0.29, 0.717) is 22.6 Å². The van der Waals surface area contributed by atoms with Gasteiger partial charge in [-0.05, 0) is 53.2 Å². The van der Waals surface area contributed by atoms with Gasteiger partial charge in [0.25, 0.3) is 5.91 Å². The lowest BCUT2D eigenvalue weighted by atomic mass is 9.92. The largest absolute Gasteiger partial charge is 0.508 e. The second kappa shape index (κ2) is 8.15. The number of aromatic hydroxyl groups is 1. The van der Waals surface area contributed by atoms with E-state index >= 15 is 0 Å². The predicted octanol–water partition coefficient (Wildman–Crippen LogP) is 6.68. The van der Waals surface area contributed by atoms with E-state index in [0.717, 1.165) is 32.8 Å². The number of benzene rings is 5. The molecule has 1 aliphatic heterocycles. The monoisotopic (exact) mass is 457 g/mol. The number of rotatable bonds is 3. The molecule has 0 bridgehead atoms. The quantitative estimate of drug-likeness (QED) is 0.291. The van der Waals surface area contributed by atoms with Gasteiger partial charge in [-0.3, -0.25) is 9.59 Å². The maximum atomic E-state index is 13.3. The van der Waals surface area contributed by atoms with Crippen molar-refractivity contribution in [3.05, 3.63) is 119 Å². The Kier molecular flexibility index (Phi) is 4.82. The summed E-state index contributed by atoms with van der Waals surface area (Å²) in [6.45, 7) is 0. The molecule has 4 aromatic rings. The SMILES string of the molecule is O=C(Nc1ccccc1-c1c2ccc(=O)cc-2oc2cc(O)ccc12)c1ccc2ccccc2c1. The minimum Gasteiger partial charge on any atom is -0.508 e. The van der Waals surface area contributed by atoms with Crippen LogP contribution in [0.5, 0.6) is 5.75 Å². The number of hydrogen-bond acceptors (Lipinski definition) is 4. The third kappa shape index (κ3) is 3.69. The van der Waals surface area contributed by atoms with Gasteiger partial charge in [0.15, 0.2) is 5.43 Å². The van der Waals surface area contributed by atoms with Crippen LogP contribution in [0.1, 0.15) is 10.4 Å². The van der Waals surface area contributed by atoms with Crippen molar-refractivity contribution in [2.75, 3.05) is 5.32 Å². The molecule has 0 saturated carbocycles. The van der Waals surface area contributed by atoms with E-state index < -0.39 is 0 Å². The van der Waals surface area contributed by atoms with Crippen molar-refractivity contribution in [3.63, 3.8) is 0 Å². The topological polar surface area (TPSA) is 79.5 Å². The average molecular weight is 457 g/mol. The van der Waals surface area contributed by atoms with Crippen molar-refractivity contribution in [2.45, 2.75) is 0 Å². The van der Waals surface area contributed by atoms with Crippen molar-refractivity contribution in [1.29, 1.82) is 0 Å². The summed E-state index contributed by atoms with van der Waals surface area (Å²) in [6, 6.07) is 30.6. The zero-order chi connectivity index (χ0) is 23.9. The number of carbonyl (C=O) groups is 1. The summed E-state index contributed by atoms with van der Waals surface area (Å²) in [5.41, 5.74) is 3.75. The van der Waals surface area contributed by atoms with Gasteiger partial charge < -0.3 is 14.8 Å². The van der Waals surface area contributed by atoms with E-state index in [9.17, 15) is 14.7 Å². The van der Waals surface area contributed by atoms with Crippen LogP contribution in [0.4, 0.5) is 5.69 Å². The molecule has 4 aromatic carbocycles. The van der Waals surface area contributed by atoms with Gasteiger partial charge in [-0.1, -0.05) is 48.5 Å². The molecule has 0 fully saturated rings. The lowest BCUT2D eigenvalue weighted by molar-refractivity contribution is 0.102. The predicted molar refractivity (Wildman–Crippen MR) is 138 cm³/mol. The minimum atomic E-state index is -0.225. The molecule has 1 heterocycles. The van der Waals surface area contributed by atoms with Crippen LogP contribution in [0.15, 0.2) is 112 Å². The van der Waals surface area contributed by atoms with E-state index in [4.69, 9.17) is 4.42 Å². The standard InChI is InChI=1S/C30H19NO4/c32-21-11-13-24-27(16-21)35-28-17-22(33)12-14-25(28)29(24)23-7-3-4-8-26(23)31-30(34)20-10-9-18-5-1-2-6-19(18)15-20/h1-17,32H,(H,31,34). The Labute approximate surface area is 200 Å². The Bertz CT molecular complexity index is 1780. The van der Waals surface area contributed by atoms with E-state index in [1.165, 1.54) is 18.2 Å². The van der Waals surface area contributed by atoms with E-state index in [2.05, 4.69) is 5.32 Å². The van der Waals surface area contributed by atoms with Crippen LogP contribution in [0.25, 0.3) is 44.2 Å². The summed E-state index contributed by atoms with van der Waals surface area (Å²) in [6.07, 6.45) is 0. The Morgan fingerprint density at radius 1 is 0.743 bits per heavy atom. The van der Waals surface area contributed by atoms with E-state index in [1.54, 1.807) is 18.2 Å². The number of para-hydroxylation sites is 1. The smallest absolute Gasteiger partial charge is 0.255 e. The molecule has 6 rings (SSSR count). The summed E-state index contributed by atoms with van der Waals surface area (Å²) in [4.78, 5) is 25.3. The molecular weight excluding hydrogens is 438 g/mol. The minimum absolute atomic E-state index is 0.0581. The summed E-state index contributed by atoms with van der Waals surface area (Å²) in [7, 11) is 0. The van der Waals surface area contributed by atoms with E-state index in [1.807, 2.05) is 66.7 Å². The molecule has 5 heteroatoms. The Hall–Kier alpha value is -4.90. The summed E-state index contributed by atoms with van der Waals surface area (Å²) >= 11 is 0. The molecule has 5 nitrogen and oxygen atoms in total. The number of phenols is 1. The summed E-state index contributed by atoms with van der Waals surface area (Å²) in [5.74, 6) is 0.237. The van der Waals surface area contributed by atoms with Crippen LogP contribution in [-0.2, 0) is 0 Å². The molecule has 1 aliphatic carbocycles. The lowest BCUT2D eigenvalue weighted by Crippen LogP contribution is -2.12. The van der Waals surface area contributed by atoms with Crippen molar-refractivity contribution < 1.29 is 14.3 Å². The molecule has 0 radical (unpaired) electrons. The first-order valence-corrected chi connectivity index (χ1v) is 11.2. The maximum absolute atomic E-state index is 13.3. The number of hydrogen-bond donors (Lipinski definition) is 2. The van der Waals surface area contributed by atoms with Crippen molar-refractivity contribution in [3.8, 4) is 28.2 Å². The van der Waals surface area contributed by atoms with Crippen molar-refractivity contribution in [2.24, 2.45) is 0 Å². The fraction of sp³-hybridized carbons (Fsp3) is 0. The number of carbonyl (C=O) groups excluding carboxylic acids is 1. The summed E-state index contributed by atoms with van der Waals surface area (Å²) in [5, 5.41) is 15.9. The van der Waals surface area contributed by atoms with Gasteiger partial charge in [0.1, 0.15) is 17.1 Å². The lowest BCUT2D eigenvalue weighted by Gasteiger charge is -2.18. The highest BCUT2D eigenvalue weighted by Gasteiger charge is 2.20. The number of phenolic OH excluding ortho intramolecular Hbond substituents is 1. The van der Waals surface area contributed by atoms with Gasteiger partial charge in [-0.2, -0.15) is 0 Å². The van der Waals surface area contributed by atoms with Crippen molar-refractivity contribution >= 4 is 33.3 Å². The molecule has 2 N–H and O–H groups in total. The molecule has 0 unspecified atom stereocenters. The van der Waals surface area contributed by atoms with Gasteiger partial charge in [0.05, 0.1) is 0 Å². The molecule has 168 valence electrons. The second-order valence-corrected chi connectivity index (χ2v) is 8.38. The molecule has 0 atom stereocenters. The molecule has 0 aromatic heterocycles. The van der Waals surface area contributed by atoms with Crippen LogP contribution >= 0.6 is 0 Å². The first-order valence-electron chi connectivity index (χ1n) is 11.2. The van der Waals surface area contributed by atoms with Crippen molar-refractivity contribution in [1.82, 2.24) is 0 Å². The fourth-order valence-electron chi connectivity index (χ4n) is 4.48. The summed E-state index contributed by atoms with van der Waals surface area (Å²) < 4.78 is 5.95. The van der Waals surface area contributed by atoms with Gasteiger partial charge in [0, 0.05) is 45.5 Å². The van der Waals surface area contributed by atoms with Crippen LogP contribution in [0, 0.1) is 0 Å². The molecule has 0 saturated heterocycles. The molecule has 35 heavy (non-hydrogen) atoms. The van der Waals surface area contributed by atoms with Gasteiger partial charge in [0.2, 0.25) is 0 Å². The third-order valence-corrected chi connectivity index (χ3v) is 6.13. The third-order valence-electron chi connectivity index (χ3n) is 6.13. The maximum Gasteiger partial charge on any atom is 0.255 e. The number of fused-ring (bicyclic) bond motifs is 3. The van der Waals surface area contributed by atoms with Crippen LogP contribution in [-0.4, -0.2) is 11.0 Å². The molecule has 0 spiro atoms. The second-order valence-electron chi connectivity index (χ2n) is 8.38. The highest BCUT2D eigenvalue weighted by molar-refractivity contribution is 6.11. The number of amides is 1. The van der Waals surface area contributed by atoms with Crippen LogP contribution in [0.3, 0.4) is 0 Å². The first kappa shape index (κ1) is 20.7. The highest BCUT2D eigenvalue weighted by Crippen LogP contribution is 2.43. The number of nitrogens with one attached hydrogen (secondary N) is 1. The van der Waals surface area contributed by atoms with Crippen LogP contribution < -0.4 is 10.7 Å². The molecule has 2 aliphatic rings. The Morgan fingerprint density at radius 3 is 2.43 bits per heavy atom. The zero-order valence-electron chi connectivity index (χ0n) is 18.5. The fourth-order valence-corrected chi connectivity index (χ4v) is 4.48. The first-order chi connectivity index (χ1) is 17.1. The van der Waals surface area contributed by atoms with Crippen LogP contribution in [0.2, 0.25) is 0 Å². The number of anilines is 1. The highest BCUT2D eigenvalue weighted by atomic mass is 16.3. The molecular formula is C30H19NO4. The average Bonchev–Trinajstić information content (AvgIpc) is 2.87. The normalized spacial score (nSPS) is 11.2. The van der Waals surface area contributed by atoms with E-state index in [-0.39, 0.29) is 17.1 Å². The van der Waals surface area contributed by atoms with Gasteiger partial charge in [-0.15, -0.1) is 0 Å². The Morgan fingerprint density at radius 2 is 1.54 bits per heavy atom. The zero-order valence-corrected chi connectivity index (χ0v) is 18.5. The van der Waals surface area contributed by atoms with Gasteiger partial charge >= 0.3 is 0 Å². The Balaban J connectivity index is 1.51. The van der Waals surface area contributed by atoms with Gasteiger partial charge in [-0.25, -0.2) is 0 Å². The molecule has 1 amide bonds.